The summed E-state index contributed by atoms with van der Waals surface area (Å²) in [5, 5.41) is 9.49. The molecule has 0 fully saturated rings. The Kier molecular flexibility index (Phi) is 4.37. The fourth-order valence-corrected chi connectivity index (χ4v) is 1.36. The molecule has 0 heterocycles. The number of hydrogen-bond donors (Lipinski definition) is 3. The first-order valence-electron chi connectivity index (χ1n) is 4.68. The molecule has 0 bridgehead atoms. The third-order valence-corrected chi connectivity index (χ3v) is 2.24. The van der Waals surface area contributed by atoms with Gasteiger partial charge in [0.2, 0.25) is 0 Å². The molecular formula is C11H13BrN2O2. The lowest BCUT2D eigenvalue weighted by Crippen LogP contribution is -2.33. The molecule has 86 valence electrons. The zero-order valence-electron chi connectivity index (χ0n) is 9.04. The maximum Gasteiger partial charge on any atom is 0.273 e. The Labute approximate surface area is 102 Å². The molecule has 0 aromatic heterocycles. The highest BCUT2D eigenvalue weighted by atomic mass is 79.9. The smallest absolute Gasteiger partial charge is 0.273 e. The highest BCUT2D eigenvalue weighted by Gasteiger charge is 2.10. The standard InChI is InChI=1S/C11H13BrN2O2/c1-7(2)6-13-14-11(16)9-5-8(12)3-4-10(9)15/h3-6,13,15H,1-2H3,(H,14,16). The van der Waals surface area contributed by atoms with E-state index in [1.54, 1.807) is 18.3 Å². The van der Waals surface area contributed by atoms with E-state index in [2.05, 4.69) is 26.8 Å². The molecule has 0 aliphatic carbocycles. The number of nitrogens with one attached hydrogen (secondary N) is 2. The fourth-order valence-electron chi connectivity index (χ4n) is 1.00. The van der Waals surface area contributed by atoms with Crippen LogP contribution >= 0.6 is 15.9 Å². The number of carbonyl (C=O) groups excluding carboxylic acids is 1. The molecule has 0 aliphatic heterocycles. The van der Waals surface area contributed by atoms with E-state index >= 15 is 0 Å². The van der Waals surface area contributed by atoms with Crippen LogP contribution in [0.15, 0.2) is 34.4 Å². The topological polar surface area (TPSA) is 61.4 Å². The van der Waals surface area contributed by atoms with Crippen LogP contribution in [-0.2, 0) is 0 Å². The first-order valence-corrected chi connectivity index (χ1v) is 5.48. The minimum atomic E-state index is -0.392. The molecule has 16 heavy (non-hydrogen) atoms. The largest absolute Gasteiger partial charge is 0.507 e. The summed E-state index contributed by atoms with van der Waals surface area (Å²) in [4.78, 5) is 11.6. The molecule has 1 rings (SSSR count). The average molecular weight is 285 g/mol. The molecule has 0 saturated carbocycles. The van der Waals surface area contributed by atoms with Crippen molar-refractivity contribution in [2.75, 3.05) is 0 Å². The van der Waals surface area contributed by atoms with Crippen LogP contribution in [0.1, 0.15) is 24.2 Å². The SMILES string of the molecule is CC(C)=CNNC(=O)c1cc(Br)ccc1O. The Morgan fingerprint density at radius 1 is 1.44 bits per heavy atom. The maximum atomic E-state index is 11.6. The van der Waals surface area contributed by atoms with Gasteiger partial charge in [-0.3, -0.25) is 10.2 Å². The van der Waals surface area contributed by atoms with E-state index in [1.165, 1.54) is 6.07 Å². The number of carbonyl (C=O) groups is 1. The molecule has 0 saturated heterocycles. The number of aromatic hydroxyl groups is 1. The van der Waals surface area contributed by atoms with Crippen LogP contribution in [0, 0.1) is 0 Å². The summed E-state index contributed by atoms with van der Waals surface area (Å²) < 4.78 is 0.734. The third-order valence-electron chi connectivity index (χ3n) is 1.75. The normalized spacial score (nSPS) is 9.44. The lowest BCUT2D eigenvalue weighted by atomic mass is 10.2. The first kappa shape index (κ1) is 12.6. The van der Waals surface area contributed by atoms with Crippen LogP contribution in [-0.4, -0.2) is 11.0 Å². The van der Waals surface area contributed by atoms with Crippen molar-refractivity contribution >= 4 is 21.8 Å². The number of benzene rings is 1. The lowest BCUT2D eigenvalue weighted by Gasteiger charge is -2.07. The van der Waals surface area contributed by atoms with E-state index in [1.807, 2.05) is 13.8 Å². The predicted molar refractivity (Wildman–Crippen MR) is 65.8 cm³/mol. The molecule has 1 aromatic rings. The van der Waals surface area contributed by atoms with Crippen LogP contribution in [0.5, 0.6) is 5.75 Å². The highest BCUT2D eigenvalue weighted by Crippen LogP contribution is 2.21. The summed E-state index contributed by atoms with van der Waals surface area (Å²) in [7, 11) is 0. The third kappa shape index (κ3) is 3.58. The zero-order valence-corrected chi connectivity index (χ0v) is 10.6. The second kappa shape index (κ2) is 5.55. The number of rotatable bonds is 3. The molecule has 5 heteroatoms. The highest BCUT2D eigenvalue weighted by molar-refractivity contribution is 9.10. The summed E-state index contributed by atoms with van der Waals surface area (Å²) in [6.45, 7) is 3.80. The van der Waals surface area contributed by atoms with Gasteiger partial charge in [-0.1, -0.05) is 21.5 Å². The van der Waals surface area contributed by atoms with Crippen molar-refractivity contribution in [2.45, 2.75) is 13.8 Å². The van der Waals surface area contributed by atoms with Gasteiger partial charge in [-0.05, 0) is 32.0 Å². The van der Waals surface area contributed by atoms with Gasteiger partial charge in [-0.2, -0.15) is 0 Å². The van der Waals surface area contributed by atoms with E-state index in [-0.39, 0.29) is 11.3 Å². The molecule has 0 atom stereocenters. The molecular weight excluding hydrogens is 272 g/mol. The number of hydrazine groups is 1. The van der Waals surface area contributed by atoms with Gasteiger partial charge in [-0.25, -0.2) is 0 Å². The van der Waals surface area contributed by atoms with E-state index in [4.69, 9.17) is 0 Å². The molecule has 0 radical (unpaired) electrons. The second-order valence-corrected chi connectivity index (χ2v) is 4.40. The van der Waals surface area contributed by atoms with Crippen molar-refractivity contribution in [3.05, 3.63) is 40.0 Å². The number of phenolic OH excluding ortho intramolecular Hbond substituents is 1. The van der Waals surface area contributed by atoms with Crippen LogP contribution in [0.2, 0.25) is 0 Å². The summed E-state index contributed by atoms with van der Waals surface area (Å²) >= 11 is 3.23. The van der Waals surface area contributed by atoms with Gasteiger partial charge in [0.05, 0.1) is 5.56 Å². The van der Waals surface area contributed by atoms with Crippen LogP contribution in [0.3, 0.4) is 0 Å². The predicted octanol–water partition coefficient (Wildman–Crippen LogP) is 2.31. The number of phenols is 1. The quantitative estimate of drug-likeness (QED) is 0.747. The summed E-state index contributed by atoms with van der Waals surface area (Å²) in [5.41, 5.74) is 6.33. The van der Waals surface area contributed by atoms with Crippen molar-refractivity contribution in [2.24, 2.45) is 0 Å². The summed E-state index contributed by atoms with van der Waals surface area (Å²) in [6.07, 6.45) is 1.66. The van der Waals surface area contributed by atoms with Gasteiger partial charge in [0.1, 0.15) is 5.75 Å². The molecule has 0 aliphatic rings. The molecule has 1 aromatic carbocycles. The van der Waals surface area contributed by atoms with Crippen LogP contribution < -0.4 is 10.9 Å². The summed E-state index contributed by atoms with van der Waals surface area (Å²) in [6, 6.07) is 4.67. The Bertz CT molecular complexity index is 426. The number of amides is 1. The van der Waals surface area contributed by atoms with Crippen LogP contribution in [0.25, 0.3) is 0 Å². The molecule has 3 N–H and O–H groups in total. The maximum absolute atomic E-state index is 11.6. The van der Waals surface area contributed by atoms with Crippen molar-refractivity contribution in [3.63, 3.8) is 0 Å². The van der Waals surface area contributed by atoms with E-state index in [9.17, 15) is 9.90 Å². The molecule has 0 unspecified atom stereocenters. The zero-order chi connectivity index (χ0) is 12.1. The Morgan fingerprint density at radius 2 is 2.12 bits per heavy atom. The minimum Gasteiger partial charge on any atom is -0.507 e. The van der Waals surface area contributed by atoms with E-state index in [0.29, 0.717) is 0 Å². The molecule has 0 spiro atoms. The van der Waals surface area contributed by atoms with Gasteiger partial charge in [0.15, 0.2) is 0 Å². The Morgan fingerprint density at radius 3 is 2.75 bits per heavy atom. The minimum absolute atomic E-state index is 0.0558. The number of hydrogen-bond acceptors (Lipinski definition) is 3. The van der Waals surface area contributed by atoms with Crippen molar-refractivity contribution in [1.82, 2.24) is 10.9 Å². The Balaban J connectivity index is 2.73. The molecule has 1 amide bonds. The van der Waals surface area contributed by atoms with Gasteiger partial charge < -0.3 is 10.5 Å². The van der Waals surface area contributed by atoms with E-state index in [0.717, 1.165) is 10.0 Å². The second-order valence-electron chi connectivity index (χ2n) is 3.48. The molecule has 4 nitrogen and oxygen atoms in total. The van der Waals surface area contributed by atoms with Gasteiger partial charge in [-0.15, -0.1) is 0 Å². The Hall–Kier alpha value is -1.49. The van der Waals surface area contributed by atoms with Crippen molar-refractivity contribution in [3.8, 4) is 5.75 Å². The monoisotopic (exact) mass is 284 g/mol. The van der Waals surface area contributed by atoms with Crippen LogP contribution in [0.4, 0.5) is 0 Å². The van der Waals surface area contributed by atoms with Gasteiger partial charge in [0.25, 0.3) is 5.91 Å². The lowest BCUT2D eigenvalue weighted by molar-refractivity contribution is 0.0938. The summed E-state index contributed by atoms with van der Waals surface area (Å²) in [5.74, 6) is -0.448. The van der Waals surface area contributed by atoms with Gasteiger partial charge in [0, 0.05) is 10.7 Å². The fraction of sp³-hybridized carbons (Fsp3) is 0.182. The average Bonchev–Trinajstić information content (AvgIpc) is 2.21. The van der Waals surface area contributed by atoms with E-state index < -0.39 is 5.91 Å². The number of allylic oxidation sites excluding steroid dienone is 1. The van der Waals surface area contributed by atoms with Crippen molar-refractivity contribution in [1.29, 1.82) is 0 Å². The number of halogens is 1. The first-order chi connectivity index (χ1) is 7.50. The van der Waals surface area contributed by atoms with Gasteiger partial charge >= 0.3 is 0 Å². The van der Waals surface area contributed by atoms with Crippen molar-refractivity contribution < 1.29 is 9.90 Å².